The van der Waals surface area contributed by atoms with Crippen molar-refractivity contribution in [1.29, 1.82) is 0 Å². The molecule has 0 aliphatic rings. The van der Waals surface area contributed by atoms with Crippen molar-refractivity contribution in [2.45, 2.75) is 6.04 Å². The molecule has 0 heterocycles. The van der Waals surface area contributed by atoms with Crippen LogP contribution in [-0.4, -0.2) is 30.7 Å². The van der Waals surface area contributed by atoms with Crippen LogP contribution in [0.4, 0.5) is 8.78 Å². The van der Waals surface area contributed by atoms with Crippen molar-refractivity contribution in [3.63, 3.8) is 0 Å². The van der Waals surface area contributed by atoms with E-state index >= 15 is 0 Å². The van der Waals surface area contributed by atoms with E-state index < -0.39 is 11.6 Å². The second kappa shape index (κ2) is 4.48. The summed E-state index contributed by atoms with van der Waals surface area (Å²) in [6.07, 6.45) is 0. The molecule has 4 heteroatoms. The lowest BCUT2D eigenvalue weighted by atomic mass is 10.1. The molecule has 1 N–H and O–H groups in total. The second-order valence-electron chi connectivity index (χ2n) is 3.34. The molecular weight excluding hydrogens is 188 g/mol. The second-order valence-corrected chi connectivity index (χ2v) is 3.34. The summed E-state index contributed by atoms with van der Waals surface area (Å²) in [5.41, 5.74) is 0.566. The van der Waals surface area contributed by atoms with E-state index in [1.165, 1.54) is 6.07 Å². The van der Waals surface area contributed by atoms with Gasteiger partial charge in [0.25, 0.3) is 0 Å². The lowest BCUT2D eigenvalue weighted by Crippen LogP contribution is -2.23. The Kier molecular flexibility index (Phi) is 3.55. The fourth-order valence-corrected chi connectivity index (χ4v) is 1.29. The first-order valence-electron chi connectivity index (χ1n) is 4.28. The fraction of sp³-hybridized carbons (Fsp3) is 0.400. The maximum absolute atomic E-state index is 12.9. The maximum Gasteiger partial charge on any atom is 0.159 e. The predicted molar refractivity (Wildman–Crippen MR) is 49.9 cm³/mol. The van der Waals surface area contributed by atoms with Gasteiger partial charge in [-0.15, -0.1) is 0 Å². The van der Waals surface area contributed by atoms with Gasteiger partial charge in [0.05, 0.1) is 12.6 Å². The highest BCUT2D eigenvalue weighted by Crippen LogP contribution is 2.19. The van der Waals surface area contributed by atoms with Crippen LogP contribution in [0, 0.1) is 11.6 Å². The molecule has 0 spiro atoms. The quantitative estimate of drug-likeness (QED) is 0.802. The van der Waals surface area contributed by atoms with Gasteiger partial charge in [0.1, 0.15) is 0 Å². The van der Waals surface area contributed by atoms with Crippen LogP contribution in [-0.2, 0) is 0 Å². The number of aliphatic hydroxyl groups excluding tert-OH is 1. The summed E-state index contributed by atoms with van der Waals surface area (Å²) in [5, 5.41) is 9.05. The van der Waals surface area contributed by atoms with E-state index in [1.807, 2.05) is 0 Å². The van der Waals surface area contributed by atoms with Gasteiger partial charge in [-0.25, -0.2) is 8.78 Å². The van der Waals surface area contributed by atoms with Crippen molar-refractivity contribution >= 4 is 0 Å². The molecule has 0 fully saturated rings. The van der Waals surface area contributed by atoms with Gasteiger partial charge in [-0.2, -0.15) is 0 Å². The van der Waals surface area contributed by atoms with E-state index in [2.05, 4.69) is 0 Å². The Hall–Kier alpha value is -1.00. The van der Waals surface area contributed by atoms with Gasteiger partial charge in [0, 0.05) is 0 Å². The predicted octanol–water partition coefficient (Wildman–Crippen LogP) is 1.56. The molecule has 1 rings (SSSR count). The molecule has 0 unspecified atom stereocenters. The molecule has 0 saturated heterocycles. The molecule has 1 aromatic carbocycles. The number of rotatable bonds is 3. The molecule has 0 saturated carbocycles. The summed E-state index contributed by atoms with van der Waals surface area (Å²) in [4.78, 5) is 1.74. The molecule has 14 heavy (non-hydrogen) atoms. The van der Waals surface area contributed by atoms with Gasteiger partial charge < -0.3 is 10.0 Å². The van der Waals surface area contributed by atoms with Crippen LogP contribution in [0.2, 0.25) is 0 Å². The summed E-state index contributed by atoms with van der Waals surface area (Å²) in [6, 6.07) is 3.34. The van der Waals surface area contributed by atoms with Gasteiger partial charge in [-0.05, 0) is 31.8 Å². The van der Waals surface area contributed by atoms with Gasteiger partial charge in [-0.1, -0.05) is 6.07 Å². The molecule has 0 aliphatic carbocycles. The summed E-state index contributed by atoms with van der Waals surface area (Å²) in [7, 11) is 3.53. The monoisotopic (exact) mass is 201 g/mol. The van der Waals surface area contributed by atoms with E-state index in [9.17, 15) is 8.78 Å². The number of benzene rings is 1. The van der Waals surface area contributed by atoms with Crippen molar-refractivity contribution in [3.8, 4) is 0 Å². The number of nitrogens with zero attached hydrogens (tertiary/aromatic N) is 1. The average molecular weight is 201 g/mol. The average Bonchev–Trinajstić information content (AvgIpc) is 2.11. The molecule has 1 atom stereocenters. The first kappa shape index (κ1) is 11.1. The van der Waals surface area contributed by atoms with Crippen molar-refractivity contribution in [2.75, 3.05) is 20.7 Å². The zero-order valence-electron chi connectivity index (χ0n) is 8.17. The van der Waals surface area contributed by atoms with E-state index in [1.54, 1.807) is 19.0 Å². The van der Waals surface area contributed by atoms with Crippen LogP contribution < -0.4 is 0 Å². The first-order valence-corrected chi connectivity index (χ1v) is 4.28. The Bertz CT molecular complexity index is 315. The Labute approximate surface area is 81.8 Å². The first-order chi connectivity index (χ1) is 6.56. The largest absolute Gasteiger partial charge is 0.394 e. The SMILES string of the molecule is CN(C)[C@H](CO)c1ccc(F)c(F)c1. The van der Waals surface area contributed by atoms with Crippen LogP contribution in [0.25, 0.3) is 0 Å². The van der Waals surface area contributed by atoms with E-state index in [0.717, 1.165) is 12.1 Å². The summed E-state index contributed by atoms with van der Waals surface area (Å²) >= 11 is 0. The number of aliphatic hydroxyl groups is 1. The van der Waals surface area contributed by atoms with Gasteiger partial charge in [0.2, 0.25) is 0 Å². The topological polar surface area (TPSA) is 23.5 Å². The lowest BCUT2D eigenvalue weighted by Gasteiger charge is -2.22. The number of halogens is 2. The highest BCUT2D eigenvalue weighted by Gasteiger charge is 2.14. The number of hydrogen-bond donors (Lipinski definition) is 1. The summed E-state index contributed by atoms with van der Waals surface area (Å²) in [5.74, 6) is -1.76. The third-order valence-corrected chi connectivity index (χ3v) is 2.12. The Balaban J connectivity index is 3.00. The minimum atomic E-state index is -0.886. The Morgan fingerprint density at radius 2 is 1.93 bits per heavy atom. The smallest absolute Gasteiger partial charge is 0.159 e. The van der Waals surface area contributed by atoms with Crippen LogP contribution >= 0.6 is 0 Å². The van der Waals surface area contributed by atoms with E-state index in [4.69, 9.17) is 5.11 Å². The molecular formula is C10H13F2NO. The summed E-state index contributed by atoms with van der Waals surface area (Å²) < 4.78 is 25.5. The third kappa shape index (κ3) is 2.27. The van der Waals surface area contributed by atoms with Crippen LogP contribution in [0.1, 0.15) is 11.6 Å². The zero-order valence-corrected chi connectivity index (χ0v) is 8.17. The van der Waals surface area contributed by atoms with Crippen LogP contribution in [0.15, 0.2) is 18.2 Å². The Morgan fingerprint density at radius 1 is 1.29 bits per heavy atom. The minimum absolute atomic E-state index is 0.127. The molecule has 0 aromatic heterocycles. The van der Waals surface area contributed by atoms with Crippen molar-refractivity contribution < 1.29 is 13.9 Å². The highest BCUT2D eigenvalue weighted by molar-refractivity contribution is 5.21. The Morgan fingerprint density at radius 3 is 2.36 bits per heavy atom. The molecule has 0 bridgehead atoms. The molecule has 0 amide bonds. The molecule has 2 nitrogen and oxygen atoms in total. The standard InChI is InChI=1S/C10H13F2NO/c1-13(2)10(6-14)7-3-4-8(11)9(12)5-7/h3-5,10,14H,6H2,1-2H3/t10-/m1/s1. The zero-order chi connectivity index (χ0) is 10.7. The van der Waals surface area contributed by atoms with E-state index in [0.29, 0.717) is 5.56 Å². The highest BCUT2D eigenvalue weighted by atomic mass is 19.2. The number of likely N-dealkylation sites (N-methyl/N-ethyl adjacent to an activating group) is 1. The normalized spacial score (nSPS) is 13.3. The van der Waals surface area contributed by atoms with E-state index in [-0.39, 0.29) is 12.6 Å². The lowest BCUT2D eigenvalue weighted by molar-refractivity contribution is 0.170. The minimum Gasteiger partial charge on any atom is -0.394 e. The molecule has 1 aromatic rings. The molecule has 0 radical (unpaired) electrons. The molecule has 0 aliphatic heterocycles. The van der Waals surface area contributed by atoms with Gasteiger partial charge in [-0.3, -0.25) is 0 Å². The maximum atomic E-state index is 12.9. The van der Waals surface area contributed by atoms with Crippen molar-refractivity contribution in [1.82, 2.24) is 4.90 Å². The van der Waals surface area contributed by atoms with Crippen LogP contribution in [0.3, 0.4) is 0 Å². The molecule has 78 valence electrons. The van der Waals surface area contributed by atoms with Gasteiger partial charge in [0.15, 0.2) is 11.6 Å². The third-order valence-electron chi connectivity index (χ3n) is 2.12. The van der Waals surface area contributed by atoms with Gasteiger partial charge >= 0.3 is 0 Å². The fourth-order valence-electron chi connectivity index (χ4n) is 1.29. The number of hydrogen-bond acceptors (Lipinski definition) is 2. The van der Waals surface area contributed by atoms with Crippen molar-refractivity contribution in [2.24, 2.45) is 0 Å². The van der Waals surface area contributed by atoms with Crippen LogP contribution in [0.5, 0.6) is 0 Å². The van der Waals surface area contributed by atoms with Crippen molar-refractivity contribution in [3.05, 3.63) is 35.4 Å². The summed E-state index contributed by atoms with van der Waals surface area (Å²) in [6.45, 7) is -0.127.